The summed E-state index contributed by atoms with van der Waals surface area (Å²) in [5.74, 6) is 0.771. The Balaban J connectivity index is 2.15. The molecule has 0 unspecified atom stereocenters. The van der Waals surface area contributed by atoms with Gasteiger partial charge in [0, 0.05) is 45.7 Å². The van der Waals surface area contributed by atoms with E-state index in [4.69, 9.17) is 18.0 Å². The van der Waals surface area contributed by atoms with Gasteiger partial charge in [-0.1, -0.05) is 26.1 Å². The molecule has 1 fully saturated rings. The van der Waals surface area contributed by atoms with Crippen LogP contribution in [0.3, 0.4) is 0 Å². The van der Waals surface area contributed by atoms with E-state index in [0.717, 1.165) is 32.0 Å². The first-order valence-electron chi connectivity index (χ1n) is 5.81. The molecule has 0 saturated carbocycles. The fourth-order valence-electron chi connectivity index (χ4n) is 1.98. The molecule has 0 bridgehead atoms. The quantitative estimate of drug-likeness (QED) is 0.711. The zero-order valence-electron chi connectivity index (χ0n) is 9.91. The lowest BCUT2D eigenvalue weighted by molar-refractivity contribution is 0.124. The molecule has 1 aliphatic heterocycles. The van der Waals surface area contributed by atoms with E-state index in [1.807, 2.05) is 0 Å². The van der Waals surface area contributed by atoms with Crippen molar-refractivity contribution >= 4 is 17.2 Å². The van der Waals surface area contributed by atoms with Gasteiger partial charge >= 0.3 is 0 Å². The second kappa shape index (κ2) is 6.40. The molecule has 88 valence electrons. The van der Waals surface area contributed by atoms with Gasteiger partial charge in [-0.25, -0.2) is 0 Å². The van der Waals surface area contributed by atoms with Crippen molar-refractivity contribution in [1.29, 1.82) is 0 Å². The molecule has 0 aliphatic carbocycles. The number of nitrogens with zero attached hydrogens (tertiary/aromatic N) is 2. The second-order valence-electron chi connectivity index (χ2n) is 4.75. The van der Waals surface area contributed by atoms with E-state index in [1.165, 1.54) is 19.6 Å². The lowest BCUT2D eigenvalue weighted by Gasteiger charge is -2.35. The van der Waals surface area contributed by atoms with Crippen LogP contribution in [0.4, 0.5) is 0 Å². The average Bonchev–Trinajstić information content (AvgIpc) is 2.16. The summed E-state index contributed by atoms with van der Waals surface area (Å²) in [4.78, 5) is 5.64. The van der Waals surface area contributed by atoms with Gasteiger partial charge in [-0.05, 0) is 5.92 Å². The van der Waals surface area contributed by atoms with Crippen molar-refractivity contribution < 1.29 is 0 Å². The van der Waals surface area contributed by atoms with Crippen LogP contribution in [0.1, 0.15) is 20.3 Å². The molecule has 4 heteroatoms. The van der Waals surface area contributed by atoms with E-state index >= 15 is 0 Å². The summed E-state index contributed by atoms with van der Waals surface area (Å²) in [5.41, 5.74) is 5.50. The third kappa shape index (κ3) is 5.44. The fraction of sp³-hybridized carbons (Fsp3) is 0.909. The van der Waals surface area contributed by atoms with Crippen LogP contribution in [0.25, 0.3) is 0 Å². The summed E-state index contributed by atoms with van der Waals surface area (Å²) in [5, 5.41) is 0. The highest BCUT2D eigenvalue weighted by atomic mass is 32.1. The summed E-state index contributed by atoms with van der Waals surface area (Å²) >= 11 is 4.88. The Morgan fingerprint density at radius 1 is 1.20 bits per heavy atom. The Morgan fingerprint density at radius 3 is 2.20 bits per heavy atom. The molecule has 0 aromatic rings. The van der Waals surface area contributed by atoms with Gasteiger partial charge in [-0.15, -0.1) is 0 Å². The molecule has 3 nitrogen and oxygen atoms in total. The average molecular weight is 229 g/mol. The standard InChI is InChI=1S/C11H23N3S/c1-10(2)9-14-7-5-13(6-8-14)4-3-11(12)15/h10H,3-9H2,1-2H3,(H2,12,15). The lowest BCUT2D eigenvalue weighted by Crippen LogP contribution is -2.47. The predicted molar refractivity (Wildman–Crippen MR) is 69.1 cm³/mol. The van der Waals surface area contributed by atoms with Gasteiger partial charge in [-0.3, -0.25) is 0 Å². The summed E-state index contributed by atoms with van der Waals surface area (Å²) in [7, 11) is 0. The van der Waals surface area contributed by atoms with Crippen LogP contribution in [0, 0.1) is 5.92 Å². The number of piperazine rings is 1. The minimum atomic E-state index is 0.639. The second-order valence-corrected chi connectivity index (χ2v) is 5.28. The Hall–Kier alpha value is -0.190. The maximum atomic E-state index is 5.50. The van der Waals surface area contributed by atoms with Crippen LogP contribution in [0.2, 0.25) is 0 Å². The van der Waals surface area contributed by atoms with E-state index in [2.05, 4.69) is 23.6 Å². The number of nitrogens with two attached hydrogens (primary N) is 1. The van der Waals surface area contributed by atoms with Crippen LogP contribution in [-0.2, 0) is 0 Å². The smallest absolute Gasteiger partial charge is 0.0740 e. The van der Waals surface area contributed by atoms with E-state index in [1.54, 1.807) is 0 Å². The monoisotopic (exact) mass is 229 g/mol. The molecule has 1 aliphatic rings. The highest BCUT2D eigenvalue weighted by molar-refractivity contribution is 7.80. The third-order valence-electron chi connectivity index (χ3n) is 2.76. The van der Waals surface area contributed by atoms with Crippen LogP contribution >= 0.6 is 12.2 Å². The Labute approximate surface area is 98.6 Å². The van der Waals surface area contributed by atoms with Gasteiger partial charge in [0.15, 0.2) is 0 Å². The van der Waals surface area contributed by atoms with Crippen molar-refractivity contribution in [3.05, 3.63) is 0 Å². The first-order valence-corrected chi connectivity index (χ1v) is 6.21. The van der Waals surface area contributed by atoms with Crippen LogP contribution in [0.5, 0.6) is 0 Å². The van der Waals surface area contributed by atoms with Crippen molar-refractivity contribution in [3.8, 4) is 0 Å². The Bertz CT molecular complexity index is 198. The SMILES string of the molecule is CC(C)CN1CCN(CCC(N)=S)CC1. The number of rotatable bonds is 5. The molecule has 15 heavy (non-hydrogen) atoms. The van der Waals surface area contributed by atoms with Gasteiger partial charge < -0.3 is 15.5 Å². The maximum Gasteiger partial charge on any atom is 0.0740 e. The molecular formula is C11H23N3S. The van der Waals surface area contributed by atoms with Crippen LogP contribution in [0.15, 0.2) is 0 Å². The number of hydrogen-bond donors (Lipinski definition) is 1. The van der Waals surface area contributed by atoms with E-state index in [0.29, 0.717) is 4.99 Å². The van der Waals surface area contributed by atoms with Gasteiger partial charge in [-0.2, -0.15) is 0 Å². The summed E-state index contributed by atoms with van der Waals surface area (Å²) in [6.45, 7) is 11.5. The van der Waals surface area contributed by atoms with Gasteiger partial charge in [0.05, 0.1) is 4.99 Å². The highest BCUT2D eigenvalue weighted by Crippen LogP contribution is 2.05. The van der Waals surface area contributed by atoms with E-state index in [9.17, 15) is 0 Å². The van der Waals surface area contributed by atoms with Gasteiger partial charge in [0.25, 0.3) is 0 Å². The molecule has 0 aromatic carbocycles. The van der Waals surface area contributed by atoms with Gasteiger partial charge in [0.1, 0.15) is 0 Å². The summed E-state index contributed by atoms with van der Waals surface area (Å²) in [6, 6.07) is 0. The van der Waals surface area contributed by atoms with Crippen molar-refractivity contribution in [2.45, 2.75) is 20.3 Å². The first-order chi connectivity index (χ1) is 7.08. The van der Waals surface area contributed by atoms with Crippen molar-refractivity contribution in [2.75, 3.05) is 39.3 Å². The summed E-state index contributed by atoms with van der Waals surface area (Å²) in [6.07, 6.45) is 0.861. The molecule has 0 radical (unpaired) electrons. The van der Waals surface area contributed by atoms with E-state index < -0.39 is 0 Å². The highest BCUT2D eigenvalue weighted by Gasteiger charge is 2.16. The molecule has 0 atom stereocenters. The first kappa shape index (κ1) is 12.9. The van der Waals surface area contributed by atoms with E-state index in [-0.39, 0.29) is 0 Å². The molecule has 1 heterocycles. The largest absolute Gasteiger partial charge is 0.393 e. The Morgan fingerprint density at radius 2 is 1.73 bits per heavy atom. The molecule has 1 rings (SSSR count). The number of thiocarbonyl (C=S) groups is 1. The normalized spacial score (nSPS) is 19.7. The molecule has 2 N–H and O–H groups in total. The molecule has 1 saturated heterocycles. The van der Waals surface area contributed by atoms with Crippen LogP contribution in [-0.4, -0.2) is 54.1 Å². The van der Waals surface area contributed by atoms with Crippen molar-refractivity contribution in [3.63, 3.8) is 0 Å². The minimum Gasteiger partial charge on any atom is -0.393 e. The zero-order valence-corrected chi connectivity index (χ0v) is 10.7. The fourth-order valence-corrected chi connectivity index (χ4v) is 2.07. The number of hydrogen-bond acceptors (Lipinski definition) is 3. The Kier molecular flexibility index (Phi) is 5.50. The molecular weight excluding hydrogens is 206 g/mol. The molecule has 0 aromatic heterocycles. The van der Waals surface area contributed by atoms with Crippen LogP contribution < -0.4 is 5.73 Å². The van der Waals surface area contributed by atoms with Gasteiger partial charge in [0.2, 0.25) is 0 Å². The zero-order chi connectivity index (χ0) is 11.3. The predicted octanol–water partition coefficient (Wildman–Crippen LogP) is 0.936. The van der Waals surface area contributed by atoms with Crippen molar-refractivity contribution in [2.24, 2.45) is 11.7 Å². The maximum absolute atomic E-state index is 5.50. The third-order valence-corrected chi connectivity index (χ3v) is 2.97. The summed E-state index contributed by atoms with van der Waals surface area (Å²) < 4.78 is 0. The van der Waals surface area contributed by atoms with Crippen molar-refractivity contribution in [1.82, 2.24) is 9.80 Å². The molecule has 0 amide bonds. The lowest BCUT2D eigenvalue weighted by atomic mass is 10.2. The topological polar surface area (TPSA) is 32.5 Å². The molecule has 0 spiro atoms. The minimum absolute atomic E-state index is 0.639.